The summed E-state index contributed by atoms with van der Waals surface area (Å²) in [5.74, 6) is 0.695. The zero-order valence-electron chi connectivity index (χ0n) is 13.8. The van der Waals surface area contributed by atoms with Gasteiger partial charge in [-0.3, -0.25) is 9.36 Å². The predicted molar refractivity (Wildman–Crippen MR) is 87.4 cm³/mol. The topological polar surface area (TPSA) is 70.1 Å². The van der Waals surface area contributed by atoms with Crippen LogP contribution in [-0.4, -0.2) is 29.2 Å². The van der Waals surface area contributed by atoms with Crippen LogP contribution in [-0.2, 0) is 11.8 Å². The Hall–Kier alpha value is -1.86. The second-order valence-electron chi connectivity index (χ2n) is 6.33. The number of halogens is 2. The number of hydrogen-bond acceptors (Lipinski definition) is 4. The van der Waals surface area contributed by atoms with Gasteiger partial charge in [0.15, 0.2) is 0 Å². The summed E-state index contributed by atoms with van der Waals surface area (Å²) in [4.78, 5) is 17.3. The van der Waals surface area contributed by atoms with Gasteiger partial charge in [-0.2, -0.15) is 0 Å². The van der Waals surface area contributed by atoms with Gasteiger partial charge in [0.25, 0.3) is 12.0 Å². The Labute approximate surface area is 138 Å². The first-order valence-electron chi connectivity index (χ1n) is 8.02. The molecule has 1 aromatic carbocycles. The Morgan fingerprint density at radius 2 is 2.00 bits per heavy atom. The number of rotatable bonds is 3. The third-order valence-corrected chi connectivity index (χ3v) is 4.61. The lowest BCUT2D eigenvalue weighted by Gasteiger charge is -2.24. The summed E-state index contributed by atoms with van der Waals surface area (Å²) in [5.41, 5.74) is 6.67. The first-order valence-corrected chi connectivity index (χ1v) is 8.02. The summed E-state index contributed by atoms with van der Waals surface area (Å²) in [5, 5.41) is 0.333. The van der Waals surface area contributed by atoms with E-state index in [0.717, 1.165) is 12.8 Å². The van der Waals surface area contributed by atoms with Gasteiger partial charge in [-0.1, -0.05) is 6.07 Å². The fourth-order valence-corrected chi connectivity index (χ4v) is 3.28. The minimum absolute atomic E-state index is 0.0813. The molecule has 7 heteroatoms. The van der Waals surface area contributed by atoms with Gasteiger partial charge in [-0.15, -0.1) is 0 Å². The summed E-state index contributed by atoms with van der Waals surface area (Å²) in [6.45, 7) is 2.97. The van der Waals surface area contributed by atoms with Crippen LogP contribution in [0.25, 0.3) is 10.9 Å². The van der Waals surface area contributed by atoms with E-state index in [-0.39, 0.29) is 22.6 Å². The quantitative estimate of drug-likeness (QED) is 0.934. The molecule has 1 aliphatic heterocycles. The Bertz CT molecular complexity index is 814. The van der Waals surface area contributed by atoms with Gasteiger partial charge in [-0.25, -0.2) is 13.8 Å². The van der Waals surface area contributed by atoms with Crippen molar-refractivity contribution in [1.82, 2.24) is 9.55 Å². The Morgan fingerprint density at radius 3 is 2.62 bits per heavy atom. The van der Waals surface area contributed by atoms with E-state index in [1.807, 2.05) is 0 Å². The van der Waals surface area contributed by atoms with E-state index >= 15 is 0 Å². The third kappa shape index (κ3) is 2.93. The molecule has 1 atom stereocenters. The van der Waals surface area contributed by atoms with Crippen molar-refractivity contribution in [2.75, 3.05) is 13.2 Å². The lowest BCUT2D eigenvalue weighted by Crippen LogP contribution is -2.28. The highest BCUT2D eigenvalue weighted by atomic mass is 19.3. The van der Waals surface area contributed by atoms with Gasteiger partial charge in [-0.05, 0) is 31.4 Å². The summed E-state index contributed by atoms with van der Waals surface area (Å²) >= 11 is 0. The Balaban J connectivity index is 2.26. The molecule has 0 amide bonds. The van der Waals surface area contributed by atoms with Crippen LogP contribution in [0, 0.1) is 6.92 Å². The van der Waals surface area contributed by atoms with Crippen molar-refractivity contribution in [2.45, 2.75) is 38.2 Å². The van der Waals surface area contributed by atoms with Crippen LogP contribution in [0.1, 0.15) is 41.8 Å². The van der Waals surface area contributed by atoms with E-state index in [1.165, 1.54) is 4.57 Å². The monoisotopic (exact) mass is 337 g/mol. The maximum atomic E-state index is 13.2. The highest BCUT2D eigenvalue weighted by Crippen LogP contribution is 2.29. The van der Waals surface area contributed by atoms with Crippen molar-refractivity contribution in [2.24, 2.45) is 12.8 Å². The lowest BCUT2D eigenvalue weighted by molar-refractivity contribution is 0.0828. The van der Waals surface area contributed by atoms with Gasteiger partial charge >= 0.3 is 0 Å². The van der Waals surface area contributed by atoms with Crippen LogP contribution < -0.4 is 11.3 Å². The van der Waals surface area contributed by atoms with Crippen LogP contribution in [0.5, 0.6) is 0 Å². The van der Waals surface area contributed by atoms with Gasteiger partial charge in [0.1, 0.15) is 5.82 Å². The third-order valence-electron chi connectivity index (χ3n) is 4.61. The Morgan fingerprint density at radius 1 is 1.33 bits per heavy atom. The van der Waals surface area contributed by atoms with E-state index in [4.69, 9.17) is 10.5 Å². The number of fused-ring (bicyclic) bond motifs is 1. The lowest BCUT2D eigenvalue weighted by atomic mass is 9.97. The number of nitrogens with two attached hydrogens (primary N) is 1. The van der Waals surface area contributed by atoms with Crippen molar-refractivity contribution in [3.63, 3.8) is 0 Å². The standard InChI is InChI=1S/C17H21F2N3O2/c1-9-7-11(13(20)15(18)19)14-12(8-9)17(23)22(2)16(21-14)10-3-5-24-6-4-10/h7-8,10,13,15H,3-6,20H2,1-2H3/t13-/m0/s1. The number of alkyl halides is 2. The molecule has 5 nitrogen and oxygen atoms in total. The van der Waals surface area contributed by atoms with Crippen LogP contribution in [0.15, 0.2) is 16.9 Å². The molecule has 24 heavy (non-hydrogen) atoms. The molecule has 1 aliphatic rings. The molecule has 0 radical (unpaired) electrons. The second-order valence-corrected chi connectivity index (χ2v) is 6.33. The first-order chi connectivity index (χ1) is 11.4. The molecule has 1 aromatic heterocycles. The largest absolute Gasteiger partial charge is 0.381 e. The second kappa shape index (κ2) is 6.57. The number of nitrogens with zero attached hydrogens (tertiary/aromatic N) is 2. The van der Waals surface area contributed by atoms with Crippen LogP contribution in [0.3, 0.4) is 0 Å². The smallest absolute Gasteiger partial charge is 0.261 e. The molecule has 130 valence electrons. The normalized spacial score (nSPS) is 17.6. The zero-order valence-corrected chi connectivity index (χ0v) is 13.8. The van der Waals surface area contributed by atoms with Gasteiger partial charge in [0, 0.05) is 31.7 Å². The minimum atomic E-state index is -2.72. The molecule has 3 rings (SSSR count). The maximum Gasteiger partial charge on any atom is 0.261 e. The summed E-state index contributed by atoms with van der Waals surface area (Å²) in [6, 6.07) is 1.81. The summed E-state index contributed by atoms with van der Waals surface area (Å²) in [6.07, 6.45) is -1.20. The van der Waals surface area contributed by atoms with Crippen molar-refractivity contribution in [1.29, 1.82) is 0 Å². The van der Waals surface area contributed by atoms with Gasteiger partial charge < -0.3 is 10.5 Å². The van der Waals surface area contributed by atoms with Crippen LogP contribution in [0.2, 0.25) is 0 Å². The summed E-state index contributed by atoms with van der Waals surface area (Å²) < 4.78 is 33.2. The zero-order chi connectivity index (χ0) is 17.4. The highest BCUT2D eigenvalue weighted by molar-refractivity contribution is 5.82. The number of ether oxygens (including phenoxy) is 1. The molecular formula is C17H21F2N3O2. The average Bonchev–Trinajstić information content (AvgIpc) is 2.58. The number of benzene rings is 1. The molecule has 1 saturated heterocycles. The van der Waals surface area contributed by atoms with E-state index in [1.54, 1.807) is 26.1 Å². The van der Waals surface area contributed by atoms with Crippen molar-refractivity contribution < 1.29 is 13.5 Å². The maximum absolute atomic E-state index is 13.2. The molecule has 2 aromatic rings. The van der Waals surface area contributed by atoms with Crippen molar-refractivity contribution >= 4 is 10.9 Å². The Kier molecular flexibility index (Phi) is 4.64. The fraction of sp³-hybridized carbons (Fsp3) is 0.529. The molecule has 1 fully saturated rings. The number of hydrogen-bond donors (Lipinski definition) is 1. The molecular weight excluding hydrogens is 316 g/mol. The SMILES string of the molecule is Cc1cc([C@H](N)C(F)F)c2nc(C3CCOCC3)n(C)c(=O)c2c1. The molecule has 2 heterocycles. The van der Waals surface area contributed by atoms with Crippen LogP contribution in [0.4, 0.5) is 8.78 Å². The van der Waals surface area contributed by atoms with E-state index < -0.39 is 12.5 Å². The number of aryl methyl sites for hydroxylation is 1. The predicted octanol–water partition coefficient (Wildman–Crippen LogP) is 2.40. The molecule has 0 spiro atoms. The van der Waals surface area contributed by atoms with E-state index in [0.29, 0.717) is 30.0 Å². The summed E-state index contributed by atoms with van der Waals surface area (Å²) in [7, 11) is 1.68. The minimum Gasteiger partial charge on any atom is -0.381 e. The van der Waals surface area contributed by atoms with Crippen molar-refractivity contribution in [3.8, 4) is 0 Å². The molecule has 0 aliphatic carbocycles. The number of aromatic nitrogens is 2. The van der Waals surface area contributed by atoms with Gasteiger partial charge in [0.2, 0.25) is 0 Å². The van der Waals surface area contributed by atoms with Gasteiger partial charge in [0.05, 0.1) is 16.9 Å². The molecule has 2 N–H and O–H groups in total. The first kappa shape index (κ1) is 17.0. The van der Waals surface area contributed by atoms with E-state index in [2.05, 4.69) is 4.98 Å². The van der Waals surface area contributed by atoms with Crippen molar-refractivity contribution in [3.05, 3.63) is 39.4 Å². The molecule has 0 unspecified atom stereocenters. The fourth-order valence-electron chi connectivity index (χ4n) is 3.28. The molecule has 0 bridgehead atoms. The van der Waals surface area contributed by atoms with Crippen LogP contribution >= 0.6 is 0 Å². The molecule has 0 saturated carbocycles. The van der Waals surface area contributed by atoms with E-state index in [9.17, 15) is 13.6 Å². The average molecular weight is 337 g/mol. The highest BCUT2D eigenvalue weighted by Gasteiger charge is 2.25.